The highest BCUT2D eigenvalue weighted by molar-refractivity contribution is 8.04. The van der Waals surface area contributed by atoms with E-state index in [1.165, 1.54) is 24.3 Å². The van der Waals surface area contributed by atoms with Gasteiger partial charge < -0.3 is 5.11 Å². The number of aliphatic hydroxyl groups is 1. The second kappa shape index (κ2) is 7.43. The second-order valence-electron chi connectivity index (χ2n) is 6.02. The number of nitrogens with zero attached hydrogens (tertiary/aromatic N) is 1. The molecule has 2 aromatic carbocycles. The number of benzene rings is 2. The van der Waals surface area contributed by atoms with Crippen LogP contribution in [0.3, 0.4) is 0 Å². The smallest absolute Gasteiger partial charge is 0.272 e. The average Bonchev–Trinajstić information content (AvgIpc) is 2.85. The number of halogens is 1. The molecule has 2 amide bonds. The Morgan fingerprint density at radius 1 is 1.04 bits per heavy atom. The molecule has 0 aromatic heterocycles. The summed E-state index contributed by atoms with van der Waals surface area (Å²) in [5.74, 6) is -0.976. The van der Waals surface area contributed by atoms with Crippen LogP contribution in [0.25, 0.3) is 5.57 Å². The van der Waals surface area contributed by atoms with Gasteiger partial charge in [-0.3, -0.25) is 9.59 Å². The van der Waals surface area contributed by atoms with Crippen LogP contribution in [0.5, 0.6) is 0 Å². The van der Waals surface area contributed by atoms with Crippen molar-refractivity contribution < 1.29 is 19.1 Å². The predicted molar refractivity (Wildman–Crippen MR) is 101 cm³/mol. The van der Waals surface area contributed by atoms with Crippen LogP contribution in [-0.4, -0.2) is 29.3 Å². The maximum Gasteiger partial charge on any atom is 0.272 e. The molecule has 1 heterocycles. The topological polar surface area (TPSA) is 57.6 Å². The van der Waals surface area contributed by atoms with Gasteiger partial charge in [-0.25, -0.2) is 9.29 Å². The van der Waals surface area contributed by atoms with Gasteiger partial charge in [0.2, 0.25) is 0 Å². The van der Waals surface area contributed by atoms with Gasteiger partial charge in [0, 0.05) is 5.75 Å². The molecule has 1 N–H and O–H groups in total. The molecule has 0 aliphatic carbocycles. The minimum absolute atomic E-state index is 0.115. The van der Waals surface area contributed by atoms with Crippen molar-refractivity contribution in [2.24, 2.45) is 0 Å². The number of amides is 2. The average molecular weight is 371 g/mol. The highest BCUT2D eigenvalue weighted by atomic mass is 32.2. The Labute approximate surface area is 155 Å². The highest BCUT2D eigenvalue weighted by Gasteiger charge is 2.40. The highest BCUT2D eigenvalue weighted by Crippen LogP contribution is 2.39. The molecule has 0 fully saturated rings. The van der Waals surface area contributed by atoms with Gasteiger partial charge in [-0.2, -0.15) is 0 Å². The van der Waals surface area contributed by atoms with Gasteiger partial charge in [-0.15, -0.1) is 11.8 Å². The lowest BCUT2D eigenvalue weighted by Crippen LogP contribution is -2.32. The Morgan fingerprint density at radius 3 is 2.35 bits per heavy atom. The van der Waals surface area contributed by atoms with Crippen molar-refractivity contribution in [3.05, 3.63) is 69.9 Å². The van der Waals surface area contributed by atoms with E-state index in [4.69, 9.17) is 5.11 Å². The van der Waals surface area contributed by atoms with Crippen molar-refractivity contribution in [2.45, 2.75) is 13.8 Å². The van der Waals surface area contributed by atoms with Crippen LogP contribution in [0.1, 0.15) is 16.7 Å². The van der Waals surface area contributed by atoms with Gasteiger partial charge in [0.05, 0.1) is 22.8 Å². The summed E-state index contributed by atoms with van der Waals surface area (Å²) < 4.78 is 13.3. The van der Waals surface area contributed by atoms with E-state index >= 15 is 0 Å². The van der Waals surface area contributed by atoms with E-state index in [-0.39, 0.29) is 17.1 Å². The molecule has 0 saturated heterocycles. The van der Waals surface area contributed by atoms with E-state index < -0.39 is 17.6 Å². The van der Waals surface area contributed by atoms with Crippen LogP contribution in [-0.2, 0) is 9.59 Å². The molecule has 1 aliphatic heterocycles. The fraction of sp³-hybridized carbons (Fsp3) is 0.200. The predicted octanol–water partition coefficient (Wildman–Crippen LogP) is 3.45. The molecule has 4 nitrogen and oxygen atoms in total. The minimum atomic E-state index is -0.436. The standard InChI is InChI=1S/C20H18FNO3S/c1-12-3-8-16(13(2)11-12)22-19(24)17(14-4-6-15(21)7-5-14)18(20(22)25)26-10-9-23/h3-8,11,23H,9-10H2,1-2H3. The third-order valence-electron chi connectivity index (χ3n) is 4.11. The third kappa shape index (κ3) is 3.30. The quantitative estimate of drug-likeness (QED) is 0.818. The largest absolute Gasteiger partial charge is 0.396 e. The SMILES string of the molecule is Cc1ccc(N2C(=O)C(SCCO)=C(c3ccc(F)cc3)C2=O)c(C)c1. The van der Waals surface area contributed by atoms with Crippen molar-refractivity contribution in [1.29, 1.82) is 0 Å². The van der Waals surface area contributed by atoms with Gasteiger partial charge in [0.15, 0.2) is 0 Å². The van der Waals surface area contributed by atoms with E-state index in [1.807, 2.05) is 26.0 Å². The molecule has 0 unspecified atom stereocenters. The summed E-state index contributed by atoms with van der Waals surface area (Å²) in [5, 5.41) is 9.13. The van der Waals surface area contributed by atoms with Crippen LogP contribution in [0, 0.1) is 19.7 Å². The lowest BCUT2D eigenvalue weighted by Gasteiger charge is -2.18. The maximum atomic E-state index is 13.3. The molecule has 26 heavy (non-hydrogen) atoms. The summed E-state index contributed by atoms with van der Waals surface area (Å²) in [6.45, 7) is 3.67. The lowest BCUT2D eigenvalue weighted by atomic mass is 10.1. The summed E-state index contributed by atoms with van der Waals surface area (Å²) in [4.78, 5) is 27.5. The Morgan fingerprint density at radius 2 is 1.73 bits per heavy atom. The molecular weight excluding hydrogens is 353 g/mol. The second-order valence-corrected chi connectivity index (χ2v) is 7.12. The van der Waals surface area contributed by atoms with Gasteiger partial charge in [-0.05, 0) is 43.2 Å². The fourth-order valence-electron chi connectivity index (χ4n) is 2.94. The summed E-state index contributed by atoms with van der Waals surface area (Å²) in [6, 6.07) is 11.0. The Balaban J connectivity index is 2.09. The maximum absolute atomic E-state index is 13.3. The van der Waals surface area contributed by atoms with E-state index in [0.29, 0.717) is 17.0 Å². The minimum Gasteiger partial charge on any atom is -0.396 e. The number of aryl methyl sites for hydroxylation is 2. The first-order valence-electron chi connectivity index (χ1n) is 8.14. The molecule has 0 spiro atoms. The van der Waals surface area contributed by atoms with Crippen molar-refractivity contribution in [1.82, 2.24) is 0 Å². The number of thioether (sulfide) groups is 1. The summed E-state index contributed by atoms with van der Waals surface area (Å²) in [5.41, 5.74) is 3.11. The van der Waals surface area contributed by atoms with Crippen molar-refractivity contribution in [3.8, 4) is 0 Å². The number of aliphatic hydroxyl groups excluding tert-OH is 1. The number of anilines is 1. The first-order chi connectivity index (χ1) is 12.4. The van der Waals surface area contributed by atoms with Crippen LogP contribution < -0.4 is 4.90 Å². The Hall–Kier alpha value is -2.44. The molecule has 2 aromatic rings. The van der Waals surface area contributed by atoms with E-state index in [0.717, 1.165) is 27.8 Å². The monoisotopic (exact) mass is 371 g/mol. The lowest BCUT2D eigenvalue weighted by molar-refractivity contribution is -0.119. The Kier molecular flexibility index (Phi) is 5.25. The van der Waals surface area contributed by atoms with E-state index in [9.17, 15) is 14.0 Å². The number of rotatable bonds is 5. The van der Waals surface area contributed by atoms with Gasteiger partial charge >= 0.3 is 0 Å². The van der Waals surface area contributed by atoms with Crippen LogP contribution in [0.4, 0.5) is 10.1 Å². The zero-order valence-electron chi connectivity index (χ0n) is 14.5. The normalized spacial score (nSPS) is 14.5. The van der Waals surface area contributed by atoms with Gasteiger partial charge in [-0.1, -0.05) is 29.8 Å². The van der Waals surface area contributed by atoms with Crippen LogP contribution >= 0.6 is 11.8 Å². The number of imide groups is 1. The molecular formula is C20H18FNO3S. The van der Waals surface area contributed by atoms with E-state index in [1.54, 1.807) is 6.07 Å². The first-order valence-corrected chi connectivity index (χ1v) is 9.12. The first kappa shape index (κ1) is 18.4. The van der Waals surface area contributed by atoms with Crippen molar-refractivity contribution >= 4 is 34.8 Å². The van der Waals surface area contributed by atoms with Crippen LogP contribution in [0.15, 0.2) is 47.4 Å². The third-order valence-corrected chi connectivity index (χ3v) is 5.16. The van der Waals surface area contributed by atoms with E-state index in [2.05, 4.69) is 0 Å². The molecule has 0 saturated carbocycles. The molecule has 0 radical (unpaired) electrons. The summed E-state index contributed by atoms with van der Waals surface area (Å²) >= 11 is 1.13. The summed E-state index contributed by atoms with van der Waals surface area (Å²) in [7, 11) is 0. The summed E-state index contributed by atoms with van der Waals surface area (Å²) in [6.07, 6.45) is 0. The van der Waals surface area contributed by atoms with Gasteiger partial charge in [0.25, 0.3) is 11.8 Å². The number of hydrogen-bond acceptors (Lipinski definition) is 4. The molecule has 3 rings (SSSR count). The number of hydrogen-bond donors (Lipinski definition) is 1. The molecule has 0 atom stereocenters. The van der Waals surface area contributed by atoms with Crippen LogP contribution in [0.2, 0.25) is 0 Å². The Bertz CT molecular complexity index is 906. The fourth-order valence-corrected chi connectivity index (χ4v) is 3.80. The molecule has 134 valence electrons. The molecule has 0 bridgehead atoms. The molecule has 1 aliphatic rings. The number of carbonyl (C=O) groups excluding carboxylic acids is 2. The zero-order chi connectivity index (χ0) is 18.8. The number of carbonyl (C=O) groups is 2. The van der Waals surface area contributed by atoms with Crippen molar-refractivity contribution in [3.63, 3.8) is 0 Å². The molecule has 6 heteroatoms. The zero-order valence-corrected chi connectivity index (χ0v) is 15.3. The van der Waals surface area contributed by atoms with Crippen molar-refractivity contribution in [2.75, 3.05) is 17.3 Å². The van der Waals surface area contributed by atoms with Gasteiger partial charge in [0.1, 0.15) is 5.82 Å².